The average Bonchev–Trinajstić information content (AvgIpc) is 2.33. The Morgan fingerprint density at radius 3 is 2.15 bits per heavy atom. The summed E-state index contributed by atoms with van der Waals surface area (Å²) in [5, 5.41) is 3.63. The molecule has 0 amide bonds. The number of methoxy groups -OCH3 is 1. The lowest BCUT2D eigenvalue weighted by atomic mass is 10.0. The van der Waals surface area contributed by atoms with E-state index in [-0.39, 0.29) is 0 Å². The fourth-order valence-corrected chi connectivity index (χ4v) is 3.67. The molecular formula is C15H24Br2N2O. The van der Waals surface area contributed by atoms with E-state index in [9.17, 15) is 0 Å². The first-order valence-corrected chi connectivity index (χ1v) is 8.33. The molecule has 1 N–H and O–H groups in total. The minimum Gasteiger partial charge on any atom is -0.494 e. The molecule has 0 aliphatic rings. The number of rotatable bonds is 7. The highest BCUT2D eigenvalue weighted by Gasteiger charge is 2.14. The smallest absolute Gasteiger partial charge is 0.147 e. The maximum Gasteiger partial charge on any atom is 0.147 e. The Labute approximate surface area is 139 Å². The molecule has 0 spiro atoms. The number of nitrogens with one attached hydrogen (secondary N) is 1. The van der Waals surface area contributed by atoms with E-state index < -0.39 is 0 Å². The summed E-state index contributed by atoms with van der Waals surface area (Å²) in [6, 6.07) is 4.68. The third-order valence-electron chi connectivity index (χ3n) is 3.20. The van der Waals surface area contributed by atoms with Crippen LogP contribution in [0.2, 0.25) is 0 Å². The van der Waals surface area contributed by atoms with Gasteiger partial charge < -0.3 is 15.0 Å². The second-order valence-electron chi connectivity index (χ2n) is 5.59. The second kappa shape index (κ2) is 8.37. The Balaban J connectivity index is 2.73. The molecule has 0 radical (unpaired) electrons. The predicted molar refractivity (Wildman–Crippen MR) is 92.4 cm³/mol. The summed E-state index contributed by atoms with van der Waals surface area (Å²) in [5.41, 5.74) is 1.23. The van der Waals surface area contributed by atoms with Gasteiger partial charge in [0.2, 0.25) is 0 Å². The lowest BCUT2D eigenvalue weighted by molar-refractivity contribution is 0.288. The summed E-state index contributed by atoms with van der Waals surface area (Å²) >= 11 is 7.09. The summed E-state index contributed by atoms with van der Waals surface area (Å²) in [7, 11) is 5.89. The number of ether oxygens (including phenoxy) is 1. The third kappa shape index (κ3) is 5.35. The van der Waals surface area contributed by atoms with Crippen LogP contribution in [0.5, 0.6) is 5.75 Å². The monoisotopic (exact) mass is 406 g/mol. The summed E-state index contributed by atoms with van der Waals surface area (Å²) in [6.45, 7) is 6.39. The fraction of sp³-hybridized carbons (Fsp3) is 0.600. The molecule has 1 atom stereocenters. The zero-order chi connectivity index (χ0) is 15.3. The largest absolute Gasteiger partial charge is 0.494 e. The van der Waals surface area contributed by atoms with E-state index in [1.807, 2.05) is 0 Å². The van der Waals surface area contributed by atoms with Gasteiger partial charge >= 0.3 is 0 Å². The van der Waals surface area contributed by atoms with Crippen molar-refractivity contribution < 1.29 is 4.74 Å². The van der Waals surface area contributed by atoms with E-state index in [1.54, 1.807) is 7.11 Å². The van der Waals surface area contributed by atoms with Crippen LogP contribution in [0.3, 0.4) is 0 Å². The van der Waals surface area contributed by atoms with Gasteiger partial charge in [-0.1, -0.05) is 13.8 Å². The molecule has 5 heteroatoms. The van der Waals surface area contributed by atoms with Gasteiger partial charge in [0.25, 0.3) is 0 Å². The van der Waals surface area contributed by atoms with Gasteiger partial charge in [0.15, 0.2) is 0 Å². The zero-order valence-electron chi connectivity index (χ0n) is 12.8. The SMILES string of the molecule is COc1c(Br)cc(CNC(CN(C)C)C(C)C)cc1Br. The molecule has 0 aliphatic carbocycles. The quantitative estimate of drug-likeness (QED) is 0.741. The summed E-state index contributed by atoms with van der Waals surface area (Å²) < 4.78 is 7.27. The minimum atomic E-state index is 0.477. The van der Waals surface area contributed by atoms with Crippen molar-refractivity contribution in [3.05, 3.63) is 26.6 Å². The first kappa shape index (κ1) is 18.0. The number of likely N-dealkylation sites (N-methyl/N-ethyl adjacent to an activating group) is 1. The van der Waals surface area contributed by atoms with Crippen LogP contribution in [0.4, 0.5) is 0 Å². The molecule has 1 aromatic carbocycles. The van der Waals surface area contributed by atoms with Gasteiger partial charge in [-0.25, -0.2) is 0 Å². The predicted octanol–water partition coefficient (Wildman–Crippen LogP) is 3.90. The number of benzene rings is 1. The van der Waals surface area contributed by atoms with Crippen molar-refractivity contribution in [2.45, 2.75) is 26.4 Å². The molecule has 1 aromatic rings. The minimum absolute atomic E-state index is 0.477. The number of nitrogens with zero attached hydrogens (tertiary/aromatic N) is 1. The van der Waals surface area contributed by atoms with E-state index in [0.29, 0.717) is 12.0 Å². The van der Waals surface area contributed by atoms with E-state index in [4.69, 9.17) is 4.74 Å². The molecule has 20 heavy (non-hydrogen) atoms. The number of hydrogen-bond donors (Lipinski definition) is 1. The first-order chi connectivity index (χ1) is 9.35. The van der Waals surface area contributed by atoms with E-state index in [1.165, 1.54) is 5.56 Å². The molecule has 0 aliphatic heterocycles. The van der Waals surface area contributed by atoms with Crippen molar-refractivity contribution in [2.75, 3.05) is 27.7 Å². The Kier molecular flexibility index (Phi) is 7.51. The number of hydrogen-bond acceptors (Lipinski definition) is 3. The zero-order valence-corrected chi connectivity index (χ0v) is 16.0. The fourth-order valence-electron chi connectivity index (χ4n) is 2.06. The van der Waals surface area contributed by atoms with Crippen molar-refractivity contribution in [3.8, 4) is 5.75 Å². The molecule has 114 valence electrons. The molecule has 1 rings (SSSR count). The van der Waals surface area contributed by atoms with Crippen LogP contribution in [0, 0.1) is 5.92 Å². The summed E-state index contributed by atoms with van der Waals surface area (Å²) in [5.74, 6) is 1.44. The normalized spacial score (nSPS) is 13.1. The van der Waals surface area contributed by atoms with Crippen LogP contribution >= 0.6 is 31.9 Å². The van der Waals surface area contributed by atoms with E-state index >= 15 is 0 Å². The van der Waals surface area contributed by atoms with Crippen molar-refractivity contribution in [1.29, 1.82) is 0 Å². The Morgan fingerprint density at radius 2 is 1.75 bits per heavy atom. The third-order valence-corrected chi connectivity index (χ3v) is 4.38. The van der Waals surface area contributed by atoms with Gasteiger partial charge in [-0.3, -0.25) is 0 Å². The maximum absolute atomic E-state index is 5.33. The standard InChI is InChI=1S/C15H24Br2N2O/c1-10(2)14(9-19(3)4)18-8-11-6-12(16)15(20-5)13(17)7-11/h6-7,10,14,18H,8-9H2,1-5H3. The van der Waals surface area contributed by atoms with Gasteiger partial charge in [-0.15, -0.1) is 0 Å². The van der Waals surface area contributed by atoms with Gasteiger partial charge in [-0.2, -0.15) is 0 Å². The summed E-state index contributed by atoms with van der Waals surface area (Å²) in [4.78, 5) is 2.22. The highest BCUT2D eigenvalue weighted by molar-refractivity contribution is 9.11. The van der Waals surface area contributed by atoms with Gasteiger partial charge in [0.1, 0.15) is 5.75 Å². The van der Waals surface area contributed by atoms with Gasteiger partial charge in [0, 0.05) is 19.1 Å². The molecule has 0 fully saturated rings. The van der Waals surface area contributed by atoms with Crippen LogP contribution in [0.1, 0.15) is 19.4 Å². The Morgan fingerprint density at radius 1 is 1.20 bits per heavy atom. The van der Waals surface area contributed by atoms with E-state index in [2.05, 4.69) is 82.2 Å². The highest BCUT2D eigenvalue weighted by atomic mass is 79.9. The van der Waals surface area contributed by atoms with Crippen LogP contribution < -0.4 is 10.1 Å². The summed E-state index contributed by atoms with van der Waals surface area (Å²) in [6.07, 6.45) is 0. The molecular weight excluding hydrogens is 384 g/mol. The van der Waals surface area contributed by atoms with Gasteiger partial charge in [0.05, 0.1) is 16.1 Å². The Bertz CT molecular complexity index is 413. The molecule has 1 unspecified atom stereocenters. The van der Waals surface area contributed by atoms with Crippen LogP contribution in [-0.4, -0.2) is 38.7 Å². The van der Waals surface area contributed by atoms with Crippen molar-refractivity contribution in [2.24, 2.45) is 5.92 Å². The van der Waals surface area contributed by atoms with Crippen LogP contribution in [-0.2, 0) is 6.54 Å². The molecule has 0 bridgehead atoms. The first-order valence-electron chi connectivity index (χ1n) is 6.75. The number of halogens is 2. The molecule has 0 saturated carbocycles. The lowest BCUT2D eigenvalue weighted by Gasteiger charge is -2.26. The second-order valence-corrected chi connectivity index (χ2v) is 7.30. The van der Waals surface area contributed by atoms with Crippen LogP contribution in [0.25, 0.3) is 0 Å². The van der Waals surface area contributed by atoms with Crippen molar-refractivity contribution >= 4 is 31.9 Å². The topological polar surface area (TPSA) is 24.5 Å². The molecule has 0 aromatic heterocycles. The average molecular weight is 408 g/mol. The molecule has 3 nitrogen and oxygen atoms in total. The van der Waals surface area contributed by atoms with Crippen molar-refractivity contribution in [3.63, 3.8) is 0 Å². The lowest BCUT2D eigenvalue weighted by Crippen LogP contribution is -2.41. The maximum atomic E-state index is 5.33. The van der Waals surface area contributed by atoms with Crippen LogP contribution in [0.15, 0.2) is 21.1 Å². The Hall–Kier alpha value is -0.100. The van der Waals surface area contributed by atoms with Crippen molar-refractivity contribution in [1.82, 2.24) is 10.2 Å². The molecule has 0 heterocycles. The molecule has 0 saturated heterocycles. The van der Waals surface area contributed by atoms with Gasteiger partial charge in [-0.05, 0) is 69.6 Å². The van der Waals surface area contributed by atoms with E-state index in [0.717, 1.165) is 27.8 Å². The highest BCUT2D eigenvalue weighted by Crippen LogP contribution is 2.34.